The Morgan fingerprint density at radius 1 is 0.359 bits per heavy atom. The van der Waals surface area contributed by atoms with E-state index in [2.05, 4.69) is 231 Å². The first-order chi connectivity index (χ1) is 29.6. The normalized spacial score (nSPS) is 11.6. The van der Waals surface area contributed by atoms with Gasteiger partial charge in [0.05, 0.1) is 0 Å². The minimum absolute atomic E-state index is 0. The minimum Gasteiger partial charge on any atom is -0.304 e. The van der Waals surface area contributed by atoms with Gasteiger partial charge in [-0.15, -0.1) is 70.8 Å². The number of hydrogen-bond acceptors (Lipinski definition) is 2. The van der Waals surface area contributed by atoms with Crippen molar-refractivity contribution >= 4 is 21.5 Å². The van der Waals surface area contributed by atoms with Crippen LogP contribution in [0.1, 0.15) is 79.0 Å². The van der Waals surface area contributed by atoms with E-state index in [0.29, 0.717) is 0 Å². The maximum absolute atomic E-state index is 4.77. The molecule has 9 aromatic rings. The first-order valence-corrected chi connectivity index (χ1v) is 21.7. The number of benzene rings is 7. The number of aromatic nitrogens is 2. The van der Waals surface area contributed by atoms with Gasteiger partial charge in [0.2, 0.25) is 0 Å². The van der Waals surface area contributed by atoms with Crippen molar-refractivity contribution < 1.29 is 40.2 Å². The molecule has 7 aromatic carbocycles. The maximum atomic E-state index is 4.77. The van der Waals surface area contributed by atoms with Crippen LogP contribution in [0.25, 0.3) is 77.4 Å². The van der Waals surface area contributed by atoms with Crippen molar-refractivity contribution in [3.05, 3.63) is 205 Å². The fraction of sp³-hybridized carbons (Fsp3) is 0.200. The van der Waals surface area contributed by atoms with Crippen LogP contribution in [0, 0.1) is 12.1 Å². The summed E-state index contributed by atoms with van der Waals surface area (Å²) in [6.07, 6.45) is 3.75. The summed E-state index contributed by atoms with van der Waals surface area (Å²) in [6.45, 7) is 20.2. The Kier molecular flexibility index (Phi) is 14.9. The summed E-state index contributed by atoms with van der Waals surface area (Å²) < 4.78 is 0. The monoisotopic (exact) mass is 1190 g/mol. The molecule has 0 aliphatic rings. The number of rotatable bonds is 5. The molecule has 0 saturated heterocycles. The van der Waals surface area contributed by atoms with Crippen LogP contribution in [0.3, 0.4) is 0 Å². The largest absolute Gasteiger partial charge is 0.304 e. The van der Waals surface area contributed by atoms with Crippen LogP contribution in [0.15, 0.2) is 176 Å². The molecule has 4 heteroatoms. The van der Waals surface area contributed by atoms with Crippen molar-refractivity contribution in [1.29, 1.82) is 0 Å². The fourth-order valence-corrected chi connectivity index (χ4v) is 7.94. The van der Waals surface area contributed by atoms with E-state index in [1.165, 1.54) is 60.7 Å². The van der Waals surface area contributed by atoms with Gasteiger partial charge in [0, 0.05) is 52.6 Å². The molecule has 0 aliphatic heterocycles. The van der Waals surface area contributed by atoms with Crippen molar-refractivity contribution in [2.45, 2.75) is 78.6 Å². The SMILES string of the molecule is CC(C)(C)c1c[c-]c(-c2nccc3ccccc23)cc1.CC(C)(C)c1ccc(-c2cc(-c3ccc(C(C)(C)C)cc3)cc(-c3cc[c-]c(-c4nccc5ccccc45)c3)c2)cc1.[Ir].[Ir]. The molecule has 2 heterocycles. The molecule has 0 bridgehead atoms. The first kappa shape index (κ1) is 48.1. The summed E-state index contributed by atoms with van der Waals surface area (Å²) in [4.78, 5) is 9.30. The van der Waals surface area contributed by atoms with Gasteiger partial charge in [-0.1, -0.05) is 159 Å². The molecular formula is C60H56Ir2N2-2. The van der Waals surface area contributed by atoms with Crippen molar-refractivity contribution in [1.82, 2.24) is 9.97 Å². The number of hydrogen-bond donors (Lipinski definition) is 0. The maximum Gasteiger partial charge on any atom is 0.0167 e. The molecule has 0 unspecified atom stereocenters. The minimum atomic E-state index is 0. The molecular weight excluding hydrogens is 1130 g/mol. The Bertz CT molecular complexity index is 2900. The molecule has 0 amide bonds. The molecule has 9 rings (SSSR count). The Labute approximate surface area is 408 Å². The molecule has 2 nitrogen and oxygen atoms in total. The zero-order chi connectivity index (χ0) is 43.6. The van der Waals surface area contributed by atoms with Crippen LogP contribution in [0.4, 0.5) is 0 Å². The van der Waals surface area contributed by atoms with Gasteiger partial charge in [-0.3, -0.25) is 0 Å². The van der Waals surface area contributed by atoms with Gasteiger partial charge in [0.1, 0.15) is 0 Å². The van der Waals surface area contributed by atoms with Crippen molar-refractivity contribution in [3.8, 4) is 55.9 Å². The third kappa shape index (κ3) is 10.9. The second kappa shape index (κ2) is 19.8. The van der Waals surface area contributed by atoms with Crippen LogP contribution in [0.2, 0.25) is 0 Å². The number of fused-ring (bicyclic) bond motifs is 2. The van der Waals surface area contributed by atoms with Gasteiger partial charge in [0.15, 0.2) is 0 Å². The summed E-state index contributed by atoms with van der Waals surface area (Å²) in [7, 11) is 0. The summed E-state index contributed by atoms with van der Waals surface area (Å²) in [5, 5.41) is 4.71. The molecule has 0 spiro atoms. The van der Waals surface area contributed by atoms with Crippen LogP contribution in [0.5, 0.6) is 0 Å². The summed E-state index contributed by atoms with van der Waals surface area (Å²) >= 11 is 0. The second-order valence-electron chi connectivity index (χ2n) is 19.4. The van der Waals surface area contributed by atoms with Crippen LogP contribution in [-0.2, 0) is 56.5 Å². The van der Waals surface area contributed by atoms with Gasteiger partial charge in [-0.2, -0.15) is 0 Å². The van der Waals surface area contributed by atoms with E-state index < -0.39 is 0 Å². The molecule has 0 atom stereocenters. The Morgan fingerprint density at radius 3 is 1.22 bits per heavy atom. The summed E-state index contributed by atoms with van der Waals surface area (Å²) in [6, 6.07) is 65.5. The van der Waals surface area contributed by atoms with Crippen LogP contribution in [-0.4, -0.2) is 9.97 Å². The third-order valence-electron chi connectivity index (χ3n) is 11.8. The zero-order valence-electron chi connectivity index (χ0n) is 38.3. The van der Waals surface area contributed by atoms with Gasteiger partial charge >= 0.3 is 0 Å². The average molecular weight is 1190 g/mol. The van der Waals surface area contributed by atoms with E-state index in [1.54, 1.807) is 0 Å². The Hall–Kier alpha value is -5.34. The molecule has 326 valence electrons. The quantitative estimate of drug-likeness (QED) is 0.161. The topological polar surface area (TPSA) is 25.8 Å². The van der Waals surface area contributed by atoms with E-state index >= 15 is 0 Å². The molecule has 2 aromatic heterocycles. The molecule has 0 N–H and O–H groups in total. The predicted octanol–water partition coefficient (Wildman–Crippen LogP) is 16.3. The first-order valence-electron chi connectivity index (χ1n) is 21.7. The van der Waals surface area contributed by atoms with Crippen molar-refractivity contribution in [2.75, 3.05) is 0 Å². The molecule has 2 radical (unpaired) electrons. The van der Waals surface area contributed by atoms with E-state index in [-0.39, 0.29) is 56.5 Å². The Balaban J connectivity index is 0.000000260. The van der Waals surface area contributed by atoms with Gasteiger partial charge < -0.3 is 9.97 Å². The van der Waals surface area contributed by atoms with E-state index in [1.807, 2.05) is 24.5 Å². The molecule has 0 aliphatic carbocycles. The zero-order valence-corrected chi connectivity index (χ0v) is 43.1. The smallest absolute Gasteiger partial charge is 0.0167 e. The third-order valence-corrected chi connectivity index (χ3v) is 11.8. The summed E-state index contributed by atoms with van der Waals surface area (Å²) in [5.41, 5.74) is 15.6. The predicted molar refractivity (Wildman–Crippen MR) is 264 cm³/mol. The second-order valence-corrected chi connectivity index (χ2v) is 19.4. The molecule has 0 saturated carbocycles. The van der Waals surface area contributed by atoms with Gasteiger partial charge in [0.25, 0.3) is 0 Å². The number of pyridine rings is 2. The van der Waals surface area contributed by atoms with Crippen molar-refractivity contribution in [3.63, 3.8) is 0 Å². The van der Waals surface area contributed by atoms with E-state index in [0.717, 1.165) is 33.5 Å². The van der Waals surface area contributed by atoms with Crippen molar-refractivity contribution in [2.24, 2.45) is 0 Å². The number of nitrogens with zero attached hydrogens (tertiary/aromatic N) is 2. The van der Waals surface area contributed by atoms with Crippen LogP contribution < -0.4 is 0 Å². The molecule has 64 heavy (non-hydrogen) atoms. The Morgan fingerprint density at radius 2 is 0.781 bits per heavy atom. The van der Waals surface area contributed by atoms with E-state index in [9.17, 15) is 0 Å². The van der Waals surface area contributed by atoms with Gasteiger partial charge in [-0.05, 0) is 118 Å². The fourth-order valence-electron chi connectivity index (χ4n) is 7.94. The van der Waals surface area contributed by atoms with Gasteiger partial charge in [-0.25, -0.2) is 0 Å². The standard InChI is InChI=1S/C41H38N.C19H18N.2Ir/c1-40(2,3)36-18-14-28(15-19-36)33-25-34(29-16-20-37(21-17-29)41(4,5)6)27-35(26-33)31-11-9-12-32(24-31)39-38-13-8-7-10-30(38)22-23-42-39;1-19(2,3)16-10-8-15(9-11-16)18-17-7-5-4-6-14(17)12-13-20-18;;/h7-11,13-27H,1-6H3;4-8,10-13H,1-3H3;;/q2*-1;;. The van der Waals surface area contributed by atoms with Crippen LogP contribution >= 0.6 is 0 Å². The summed E-state index contributed by atoms with van der Waals surface area (Å²) in [5.74, 6) is 0. The molecule has 0 fully saturated rings. The average Bonchev–Trinajstić information content (AvgIpc) is 3.28. The van der Waals surface area contributed by atoms with E-state index in [4.69, 9.17) is 4.98 Å².